The number of halogens is 1. The van der Waals surface area contributed by atoms with Crippen molar-refractivity contribution in [2.24, 2.45) is 4.40 Å². The Hall–Kier alpha value is -3.41. The third-order valence-electron chi connectivity index (χ3n) is 5.43. The van der Waals surface area contributed by atoms with Gasteiger partial charge in [0, 0.05) is 29.9 Å². The van der Waals surface area contributed by atoms with E-state index in [9.17, 15) is 18.0 Å². The van der Waals surface area contributed by atoms with Crippen LogP contribution in [0.1, 0.15) is 30.1 Å². The number of rotatable bonds is 7. The zero-order valence-corrected chi connectivity index (χ0v) is 22.3. The van der Waals surface area contributed by atoms with Crippen LogP contribution in [0.25, 0.3) is 0 Å². The lowest BCUT2D eigenvalue weighted by atomic mass is 10.1. The second kappa shape index (κ2) is 11.8. The fourth-order valence-electron chi connectivity index (χ4n) is 3.81. The summed E-state index contributed by atoms with van der Waals surface area (Å²) >= 11 is 7.08. The van der Waals surface area contributed by atoms with Crippen LogP contribution in [0.5, 0.6) is 0 Å². The maximum atomic E-state index is 13.2. The van der Waals surface area contributed by atoms with Crippen LogP contribution in [0.15, 0.2) is 71.1 Å². The van der Waals surface area contributed by atoms with Crippen molar-refractivity contribution in [3.05, 3.63) is 82.2 Å². The molecule has 2 N–H and O–H groups in total. The van der Waals surface area contributed by atoms with Crippen LogP contribution in [-0.4, -0.2) is 50.5 Å². The Morgan fingerprint density at radius 1 is 1.00 bits per heavy atom. The molecule has 0 aliphatic carbocycles. The number of likely N-dealkylation sites (tertiary alicyclic amines) is 1. The smallest absolute Gasteiger partial charge is 0.413 e. The maximum absolute atomic E-state index is 13.2. The predicted molar refractivity (Wildman–Crippen MR) is 146 cm³/mol. The van der Waals surface area contributed by atoms with Gasteiger partial charge in [0.15, 0.2) is 0 Å². The summed E-state index contributed by atoms with van der Waals surface area (Å²) in [6, 6.07) is 18.6. The molecule has 1 aliphatic heterocycles. The number of ether oxygens (including phenoxy) is 1. The predicted octanol–water partition coefficient (Wildman–Crippen LogP) is 5.13. The highest BCUT2D eigenvalue weighted by atomic mass is 35.5. The molecular weight excluding hydrogens is 536 g/mol. The number of carbonyl (C=O) groups excluding carboxylic acids is 2. The molecule has 0 saturated carbocycles. The average Bonchev–Trinajstić information content (AvgIpc) is 3.53. The number of amidine groups is 1. The second-order valence-corrected chi connectivity index (χ2v) is 11.7. The van der Waals surface area contributed by atoms with Gasteiger partial charge in [-0.1, -0.05) is 41.9 Å². The summed E-state index contributed by atoms with van der Waals surface area (Å²) in [4.78, 5) is 27.6. The van der Waals surface area contributed by atoms with E-state index in [1.54, 1.807) is 66.7 Å². The molecule has 12 heteroatoms. The van der Waals surface area contributed by atoms with E-state index >= 15 is 0 Å². The van der Waals surface area contributed by atoms with Gasteiger partial charge in [-0.15, -0.1) is 15.7 Å². The number of amides is 2. The Morgan fingerprint density at radius 2 is 1.68 bits per heavy atom. The summed E-state index contributed by atoms with van der Waals surface area (Å²) in [5.41, 5.74) is 1.56. The van der Waals surface area contributed by atoms with E-state index in [1.165, 1.54) is 11.3 Å². The zero-order valence-electron chi connectivity index (χ0n) is 19.9. The number of carbonyl (C=O) groups is 2. The molecule has 2 aromatic carbocycles. The molecule has 2 amide bonds. The van der Waals surface area contributed by atoms with Gasteiger partial charge in [0.05, 0.1) is 15.6 Å². The fourth-order valence-corrected chi connectivity index (χ4v) is 5.27. The van der Waals surface area contributed by atoms with Crippen molar-refractivity contribution in [3.8, 4) is 0 Å². The topological polar surface area (TPSA) is 117 Å². The molecule has 3 aromatic rings. The Kier molecular flexibility index (Phi) is 8.47. The van der Waals surface area contributed by atoms with Crippen LogP contribution >= 0.6 is 22.9 Å². The first kappa shape index (κ1) is 26.6. The largest absolute Gasteiger partial charge is 0.431 e. The molecule has 1 saturated heterocycles. The van der Waals surface area contributed by atoms with Crippen LogP contribution in [0.3, 0.4) is 0 Å². The molecule has 0 bridgehead atoms. The van der Waals surface area contributed by atoms with E-state index in [1.807, 2.05) is 4.90 Å². The second-order valence-electron chi connectivity index (χ2n) is 8.33. The SMILES string of the molecule is CS(=O)(=O)N=C(c1ccc(NC(=O)C(OC(=O)Nc2ccc(Cl)s2)c2ccccc2)cc1)N1CCCC1. The minimum absolute atomic E-state index is 0.383. The summed E-state index contributed by atoms with van der Waals surface area (Å²) in [6.45, 7) is 1.45. The van der Waals surface area contributed by atoms with Crippen molar-refractivity contribution < 1.29 is 22.7 Å². The molecule has 1 atom stereocenters. The first-order chi connectivity index (χ1) is 17.7. The van der Waals surface area contributed by atoms with Crippen LogP contribution in [0.2, 0.25) is 4.34 Å². The van der Waals surface area contributed by atoms with Crippen molar-refractivity contribution >= 4 is 61.5 Å². The minimum Gasteiger partial charge on any atom is -0.431 e. The van der Waals surface area contributed by atoms with Gasteiger partial charge in [-0.25, -0.2) is 13.2 Å². The lowest BCUT2D eigenvalue weighted by Crippen LogP contribution is -2.29. The molecule has 1 fully saturated rings. The number of thiophene rings is 1. The monoisotopic (exact) mass is 560 g/mol. The van der Waals surface area contributed by atoms with Crippen molar-refractivity contribution in [1.29, 1.82) is 0 Å². The van der Waals surface area contributed by atoms with Gasteiger partial charge in [-0.3, -0.25) is 10.1 Å². The first-order valence-electron chi connectivity index (χ1n) is 11.4. The van der Waals surface area contributed by atoms with Crippen molar-refractivity contribution in [1.82, 2.24) is 4.90 Å². The van der Waals surface area contributed by atoms with Crippen molar-refractivity contribution in [2.45, 2.75) is 18.9 Å². The summed E-state index contributed by atoms with van der Waals surface area (Å²) in [5.74, 6) is -0.170. The van der Waals surface area contributed by atoms with Gasteiger partial charge in [0.25, 0.3) is 15.9 Å². The van der Waals surface area contributed by atoms with Gasteiger partial charge in [0.1, 0.15) is 5.84 Å². The van der Waals surface area contributed by atoms with Crippen molar-refractivity contribution in [2.75, 3.05) is 30.0 Å². The molecule has 1 unspecified atom stereocenters. The zero-order chi connectivity index (χ0) is 26.4. The van der Waals surface area contributed by atoms with Gasteiger partial charge in [0.2, 0.25) is 6.10 Å². The Morgan fingerprint density at radius 3 is 2.27 bits per heavy atom. The summed E-state index contributed by atoms with van der Waals surface area (Å²) < 4.78 is 33.7. The lowest BCUT2D eigenvalue weighted by molar-refractivity contribution is -0.124. The number of benzene rings is 2. The van der Waals surface area contributed by atoms with E-state index in [0.717, 1.165) is 32.2 Å². The molecule has 4 rings (SSSR count). The molecule has 2 heterocycles. The highest BCUT2D eigenvalue weighted by Crippen LogP contribution is 2.27. The number of hydrogen-bond donors (Lipinski definition) is 2. The van der Waals surface area contributed by atoms with Crippen LogP contribution < -0.4 is 10.6 Å². The van der Waals surface area contributed by atoms with E-state index in [-0.39, 0.29) is 0 Å². The highest BCUT2D eigenvalue weighted by Gasteiger charge is 2.26. The summed E-state index contributed by atoms with van der Waals surface area (Å²) in [5, 5.41) is 5.82. The van der Waals surface area contributed by atoms with Gasteiger partial charge in [-0.05, 0) is 49.2 Å². The van der Waals surface area contributed by atoms with E-state index in [0.29, 0.717) is 32.0 Å². The Balaban J connectivity index is 1.51. The number of nitrogens with one attached hydrogen (secondary N) is 2. The maximum Gasteiger partial charge on any atom is 0.413 e. The molecule has 1 aliphatic rings. The van der Waals surface area contributed by atoms with E-state index < -0.39 is 28.1 Å². The molecule has 1 aromatic heterocycles. The van der Waals surface area contributed by atoms with Crippen molar-refractivity contribution in [3.63, 3.8) is 0 Å². The quantitative estimate of drug-likeness (QED) is 0.305. The number of anilines is 2. The lowest BCUT2D eigenvalue weighted by Gasteiger charge is -2.20. The summed E-state index contributed by atoms with van der Waals surface area (Å²) in [6.07, 6.45) is 0.966. The van der Waals surface area contributed by atoms with Crippen LogP contribution in [0, 0.1) is 0 Å². The van der Waals surface area contributed by atoms with Gasteiger partial charge in [-0.2, -0.15) is 0 Å². The first-order valence-corrected chi connectivity index (χ1v) is 14.5. The van der Waals surface area contributed by atoms with E-state index in [4.69, 9.17) is 16.3 Å². The fraction of sp³-hybridized carbons (Fsp3) is 0.240. The third-order valence-corrected chi connectivity index (χ3v) is 7.08. The van der Waals surface area contributed by atoms with Gasteiger partial charge < -0.3 is 15.0 Å². The van der Waals surface area contributed by atoms with Crippen LogP contribution in [-0.2, 0) is 19.6 Å². The van der Waals surface area contributed by atoms with Crippen LogP contribution in [0.4, 0.5) is 15.5 Å². The average molecular weight is 561 g/mol. The normalized spacial score (nSPS) is 14.8. The molecule has 37 heavy (non-hydrogen) atoms. The molecule has 9 nitrogen and oxygen atoms in total. The van der Waals surface area contributed by atoms with E-state index in [2.05, 4.69) is 15.0 Å². The molecule has 0 radical (unpaired) electrons. The number of sulfonamides is 1. The molecular formula is C25H25ClN4O5S2. The highest BCUT2D eigenvalue weighted by molar-refractivity contribution is 7.89. The molecule has 194 valence electrons. The summed E-state index contributed by atoms with van der Waals surface area (Å²) in [7, 11) is -3.60. The molecule has 0 spiro atoms. The van der Waals surface area contributed by atoms with Gasteiger partial charge >= 0.3 is 6.09 Å². The Bertz CT molecular complexity index is 1390. The Labute approximate surface area is 224 Å². The minimum atomic E-state index is -3.60. The number of nitrogens with zero attached hydrogens (tertiary/aromatic N) is 2. The third kappa shape index (κ3) is 7.54. The standard InChI is InChI=1S/C25H25ClN4O5S2/c1-37(33,34)29-23(30-15-5-6-16-30)18-9-11-19(12-10-18)27-24(31)22(17-7-3-2-4-8-17)35-25(32)28-21-14-13-20(26)36-21/h2-4,7-14,22H,5-6,15-16H2,1H3,(H,27,31)(H,28,32). The number of hydrogen-bond acceptors (Lipinski definition) is 6.